The van der Waals surface area contributed by atoms with Crippen molar-refractivity contribution < 1.29 is 18.3 Å². The van der Waals surface area contributed by atoms with Crippen LogP contribution in [0.15, 0.2) is 29.2 Å². The first-order valence-corrected chi connectivity index (χ1v) is 11.4. The molecule has 0 bridgehead atoms. The van der Waals surface area contributed by atoms with Gasteiger partial charge >= 0.3 is 0 Å². The van der Waals surface area contributed by atoms with E-state index in [0.717, 1.165) is 22.3 Å². The van der Waals surface area contributed by atoms with Crippen LogP contribution in [0.2, 0.25) is 0 Å². The van der Waals surface area contributed by atoms with Gasteiger partial charge in [0.25, 0.3) is 5.91 Å². The summed E-state index contributed by atoms with van der Waals surface area (Å²) in [5, 5.41) is 15.2. The molecule has 3 heterocycles. The fraction of sp³-hybridized carbons (Fsp3) is 0.381. The van der Waals surface area contributed by atoms with Gasteiger partial charge in [0.15, 0.2) is 5.65 Å². The summed E-state index contributed by atoms with van der Waals surface area (Å²) < 4.78 is 29.0. The number of phenols is 1. The number of piperazine rings is 1. The van der Waals surface area contributed by atoms with Crippen molar-refractivity contribution in [3.63, 3.8) is 0 Å². The fourth-order valence-electron chi connectivity index (χ4n) is 4.01. The number of nitrogens with zero attached hydrogens (tertiary/aromatic N) is 5. The number of carbonyl (C=O) groups excluding carboxylic acids is 1. The minimum atomic E-state index is -3.85. The first-order valence-electron chi connectivity index (χ1n) is 9.99. The predicted molar refractivity (Wildman–Crippen MR) is 115 cm³/mol. The molecule has 1 aliphatic rings. The number of hydrogen-bond acceptors (Lipinski definition) is 6. The van der Waals surface area contributed by atoms with Gasteiger partial charge < -0.3 is 10.0 Å². The molecule has 2 aromatic heterocycles. The Kier molecular flexibility index (Phi) is 5.22. The number of phenolic OH excluding ortho intramolecular Hbond substituents is 1. The van der Waals surface area contributed by atoms with Gasteiger partial charge in [0.05, 0.1) is 16.6 Å². The number of benzene rings is 1. The molecule has 1 aliphatic heterocycles. The van der Waals surface area contributed by atoms with Crippen LogP contribution < -0.4 is 0 Å². The van der Waals surface area contributed by atoms with Crippen LogP contribution >= 0.6 is 0 Å². The molecule has 1 aromatic carbocycles. The van der Waals surface area contributed by atoms with E-state index < -0.39 is 10.0 Å². The fourth-order valence-corrected chi connectivity index (χ4v) is 5.60. The lowest BCUT2D eigenvalue weighted by Gasteiger charge is -2.34. The second-order valence-corrected chi connectivity index (χ2v) is 9.79. The Bertz CT molecular complexity index is 1290. The van der Waals surface area contributed by atoms with Crippen molar-refractivity contribution in [2.24, 2.45) is 7.05 Å². The van der Waals surface area contributed by atoms with Crippen molar-refractivity contribution in [2.75, 3.05) is 26.2 Å². The molecule has 0 radical (unpaired) electrons. The molecular formula is C21H25N5O4S. The number of amides is 1. The largest absolute Gasteiger partial charge is 0.507 e. The van der Waals surface area contributed by atoms with Crippen LogP contribution in [0.3, 0.4) is 0 Å². The second kappa shape index (κ2) is 7.61. The number of hydrogen-bond donors (Lipinski definition) is 1. The topological polar surface area (TPSA) is 109 Å². The maximum Gasteiger partial charge on any atom is 0.254 e. The summed E-state index contributed by atoms with van der Waals surface area (Å²) in [6.45, 7) is 6.26. The van der Waals surface area contributed by atoms with Crippen LogP contribution in [0.4, 0.5) is 0 Å². The second-order valence-electron chi connectivity index (χ2n) is 7.89. The third-order valence-electron chi connectivity index (χ3n) is 5.59. The van der Waals surface area contributed by atoms with Crippen LogP contribution in [-0.4, -0.2) is 69.6 Å². The first-order chi connectivity index (χ1) is 14.6. The minimum Gasteiger partial charge on any atom is -0.507 e. The number of sulfonamides is 1. The maximum absolute atomic E-state index is 13.3. The molecule has 164 valence electrons. The summed E-state index contributed by atoms with van der Waals surface area (Å²) in [4.78, 5) is 19.4. The van der Waals surface area contributed by atoms with Crippen LogP contribution in [0.5, 0.6) is 5.75 Å². The summed E-state index contributed by atoms with van der Waals surface area (Å²) in [5.41, 5.74) is 3.37. The van der Waals surface area contributed by atoms with Crippen LogP contribution in [0.1, 0.15) is 27.3 Å². The van der Waals surface area contributed by atoms with Crippen molar-refractivity contribution in [1.82, 2.24) is 24.0 Å². The number of carbonyl (C=O) groups is 1. The van der Waals surface area contributed by atoms with E-state index in [1.807, 2.05) is 13.8 Å². The van der Waals surface area contributed by atoms with Gasteiger partial charge in [-0.25, -0.2) is 13.4 Å². The molecule has 10 heteroatoms. The van der Waals surface area contributed by atoms with Crippen LogP contribution in [-0.2, 0) is 17.1 Å². The molecule has 4 rings (SSSR count). The third kappa shape index (κ3) is 3.66. The Balaban J connectivity index is 1.58. The van der Waals surface area contributed by atoms with E-state index in [1.165, 1.54) is 16.4 Å². The van der Waals surface area contributed by atoms with Gasteiger partial charge in [-0.3, -0.25) is 9.48 Å². The Morgan fingerprint density at radius 3 is 2.42 bits per heavy atom. The molecule has 9 nitrogen and oxygen atoms in total. The number of fused-ring (bicyclic) bond motifs is 1. The smallest absolute Gasteiger partial charge is 0.254 e. The highest BCUT2D eigenvalue weighted by atomic mass is 32.2. The van der Waals surface area contributed by atoms with E-state index in [1.54, 1.807) is 35.7 Å². The average molecular weight is 444 g/mol. The number of aryl methyl sites for hydroxylation is 4. The lowest BCUT2D eigenvalue weighted by atomic mass is 10.1. The molecule has 0 saturated carbocycles. The molecule has 1 N–H and O–H groups in total. The SMILES string of the molecule is Cc1ccc(O)c(S(=O)(=O)N2CCN(C(=O)c3cc(C)nc4c3c(C)nn4C)CC2)c1. The van der Waals surface area contributed by atoms with Gasteiger partial charge in [0.2, 0.25) is 10.0 Å². The lowest BCUT2D eigenvalue weighted by molar-refractivity contribution is 0.0699. The van der Waals surface area contributed by atoms with Crippen molar-refractivity contribution in [3.8, 4) is 5.75 Å². The number of aromatic hydroxyl groups is 1. The van der Waals surface area contributed by atoms with E-state index in [2.05, 4.69) is 10.1 Å². The van der Waals surface area contributed by atoms with Crippen molar-refractivity contribution >= 4 is 27.0 Å². The zero-order valence-corrected chi connectivity index (χ0v) is 18.8. The lowest BCUT2D eigenvalue weighted by Crippen LogP contribution is -2.50. The number of aromatic nitrogens is 3. The molecule has 1 saturated heterocycles. The van der Waals surface area contributed by atoms with Crippen LogP contribution in [0, 0.1) is 20.8 Å². The summed E-state index contributed by atoms with van der Waals surface area (Å²) in [7, 11) is -2.06. The normalized spacial score (nSPS) is 15.5. The van der Waals surface area contributed by atoms with E-state index in [0.29, 0.717) is 11.2 Å². The Labute approximate surface area is 181 Å². The highest BCUT2D eigenvalue weighted by molar-refractivity contribution is 7.89. The Morgan fingerprint density at radius 1 is 1.06 bits per heavy atom. The molecule has 1 amide bonds. The standard InChI is InChI=1S/C21H25N5O4S/c1-13-5-6-17(27)18(11-13)31(29,30)26-9-7-25(8-10-26)21(28)16-12-14(2)22-20-19(16)15(3)23-24(20)4/h5-6,11-12,27H,7-10H2,1-4H3. The Hall–Kier alpha value is -2.98. The van der Waals surface area contributed by atoms with Gasteiger partial charge in [-0.05, 0) is 44.5 Å². The van der Waals surface area contributed by atoms with Crippen molar-refractivity contribution in [1.29, 1.82) is 0 Å². The number of pyridine rings is 1. The van der Waals surface area contributed by atoms with Crippen molar-refractivity contribution in [2.45, 2.75) is 25.7 Å². The molecule has 3 aromatic rings. The summed E-state index contributed by atoms with van der Waals surface area (Å²) in [6.07, 6.45) is 0. The molecule has 0 atom stereocenters. The third-order valence-corrected chi connectivity index (χ3v) is 7.51. The molecule has 0 spiro atoms. The molecule has 31 heavy (non-hydrogen) atoms. The van der Waals surface area contributed by atoms with E-state index in [9.17, 15) is 18.3 Å². The summed E-state index contributed by atoms with van der Waals surface area (Å²) in [5.74, 6) is -0.437. The summed E-state index contributed by atoms with van der Waals surface area (Å²) in [6, 6.07) is 6.26. The van der Waals surface area contributed by atoms with Gasteiger partial charge in [0.1, 0.15) is 10.6 Å². The quantitative estimate of drug-likeness (QED) is 0.661. The molecular weight excluding hydrogens is 418 g/mol. The molecule has 0 aliphatic carbocycles. The number of rotatable bonds is 3. The minimum absolute atomic E-state index is 0.107. The van der Waals surface area contributed by atoms with Gasteiger partial charge in [0, 0.05) is 38.9 Å². The van der Waals surface area contributed by atoms with E-state index >= 15 is 0 Å². The molecule has 0 unspecified atom stereocenters. The predicted octanol–water partition coefficient (Wildman–Crippen LogP) is 1.75. The average Bonchev–Trinajstić information content (AvgIpc) is 3.02. The zero-order valence-electron chi connectivity index (χ0n) is 18.0. The Morgan fingerprint density at radius 2 is 1.74 bits per heavy atom. The first kappa shape index (κ1) is 21.3. The highest BCUT2D eigenvalue weighted by Crippen LogP contribution is 2.28. The van der Waals surface area contributed by atoms with E-state index in [-0.39, 0.29) is 42.7 Å². The van der Waals surface area contributed by atoms with Gasteiger partial charge in [-0.15, -0.1) is 0 Å². The molecule has 1 fully saturated rings. The summed E-state index contributed by atoms with van der Waals surface area (Å²) >= 11 is 0. The van der Waals surface area contributed by atoms with Gasteiger partial charge in [-0.1, -0.05) is 6.07 Å². The maximum atomic E-state index is 13.3. The van der Waals surface area contributed by atoms with E-state index in [4.69, 9.17) is 0 Å². The van der Waals surface area contributed by atoms with Crippen LogP contribution in [0.25, 0.3) is 11.0 Å². The monoisotopic (exact) mass is 443 g/mol. The zero-order chi connectivity index (χ0) is 22.5. The van der Waals surface area contributed by atoms with Gasteiger partial charge in [-0.2, -0.15) is 9.40 Å². The van der Waals surface area contributed by atoms with Crippen molar-refractivity contribution in [3.05, 3.63) is 46.8 Å². The highest BCUT2D eigenvalue weighted by Gasteiger charge is 2.33.